The number of hydrogen-bond acceptors (Lipinski definition) is 4. The molecular weight excluding hydrogens is 388 g/mol. The van der Waals surface area contributed by atoms with Gasteiger partial charge < -0.3 is 10.1 Å². The second kappa shape index (κ2) is 8.23. The van der Waals surface area contributed by atoms with Gasteiger partial charge in [-0.1, -0.05) is 42.5 Å². The number of amides is 1. The zero-order valence-corrected chi connectivity index (χ0v) is 17.7. The summed E-state index contributed by atoms with van der Waals surface area (Å²) in [5.41, 5.74) is 1.24. The summed E-state index contributed by atoms with van der Waals surface area (Å²) in [6.07, 6.45) is 0. The van der Waals surface area contributed by atoms with Gasteiger partial charge in [-0.3, -0.25) is 4.79 Å². The van der Waals surface area contributed by atoms with Gasteiger partial charge >= 0.3 is 0 Å². The summed E-state index contributed by atoms with van der Waals surface area (Å²) >= 11 is 0. The van der Waals surface area contributed by atoms with E-state index in [0.29, 0.717) is 0 Å². The number of benzene rings is 3. The van der Waals surface area contributed by atoms with Crippen LogP contribution in [0.25, 0.3) is 10.8 Å². The van der Waals surface area contributed by atoms with E-state index in [9.17, 15) is 13.2 Å². The highest BCUT2D eigenvalue weighted by atomic mass is 32.2. The molecule has 1 N–H and O–H groups in total. The third-order valence-electron chi connectivity index (χ3n) is 4.82. The fourth-order valence-electron chi connectivity index (χ4n) is 3.20. The highest BCUT2D eigenvalue weighted by Crippen LogP contribution is 2.28. The molecule has 0 aliphatic carbocycles. The van der Waals surface area contributed by atoms with Crippen molar-refractivity contribution in [2.24, 2.45) is 0 Å². The minimum atomic E-state index is -3.76. The SMILES string of the molecule is COc1ccc(C(=O)NC(C)c2cccc3ccccc23)cc1S(=O)(=O)N(C)C. The lowest BCUT2D eigenvalue weighted by Gasteiger charge is -2.18. The molecule has 1 atom stereocenters. The molecule has 0 aliphatic heterocycles. The van der Waals surface area contributed by atoms with Crippen LogP contribution in [-0.2, 0) is 10.0 Å². The van der Waals surface area contributed by atoms with Gasteiger partial charge in [-0.05, 0) is 41.5 Å². The minimum Gasteiger partial charge on any atom is -0.495 e. The Balaban J connectivity index is 1.93. The van der Waals surface area contributed by atoms with Gasteiger partial charge in [0.2, 0.25) is 10.0 Å². The number of methoxy groups -OCH3 is 1. The second-order valence-corrected chi connectivity index (χ2v) is 9.04. The molecule has 0 saturated carbocycles. The van der Waals surface area contributed by atoms with Gasteiger partial charge in [-0.2, -0.15) is 0 Å². The Morgan fingerprint density at radius 3 is 2.41 bits per heavy atom. The average molecular weight is 413 g/mol. The van der Waals surface area contributed by atoms with Crippen LogP contribution in [0, 0.1) is 0 Å². The molecule has 3 aromatic carbocycles. The molecule has 29 heavy (non-hydrogen) atoms. The molecule has 0 radical (unpaired) electrons. The van der Waals surface area contributed by atoms with Crippen LogP contribution in [0.15, 0.2) is 65.6 Å². The molecule has 7 heteroatoms. The van der Waals surface area contributed by atoms with Gasteiger partial charge in [0.15, 0.2) is 0 Å². The number of carbonyl (C=O) groups excluding carboxylic acids is 1. The third-order valence-corrected chi connectivity index (χ3v) is 6.66. The van der Waals surface area contributed by atoms with Gasteiger partial charge in [0, 0.05) is 19.7 Å². The Labute approximate surface area is 171 Å². The first-order chi connectivity index (χ1) is 13.8. The van der Waals surface area contributed by atoms with Crippen molar-refractivity contribution in [3.8, 4) is 5.75 Å². The van der Waals surface area contributed by atoms with Crippen LogP contribution in [0.5, 0.6) is 5.75 Å². The summed E-state index contributed by atoms with van der Waals surface area (Å²) in [6, 6.07) is 18.1. The van der Waals surface area contributed by atoms with E-state index in [1.165, 1.54) is 33.3 Å². The molecule has 0 aromatic heterocycles. The molecular formula is C22H24N2O4S. The maximum Gasteiger partial charge on any atom is 0.251 e. The van der Waals surface area contributed by atoms with E-state index in [1.54, 1.807) is 6.07 Å². The summed E-state index contributed by atoms with van der Waals surface area (Å²) in [7, 11) is 0.508. The van der Waals surface area contributed by atoms with Crippen LogP contribution < -0.4 is 10.1 Å². The Morgan fingerprint density at radius 2 is 1.72 bits per heavy atom. The number of hydrogen-bond donors (Lipinski definition) is 1. The van der Waals surface area contributed by atoms with Crippen molar-refractivity contribution in [1.82, 2.24) is 9.62 Å². The predicted octanol–water partition coefficient (Wildman–Crippen LogP) is 3.59. The van der Waals surface area contributed by atoms with E-state index in [1.807, 2.05) is 49.4 Å². The van der Waals surface area contributed by atoms with Crippen LogP contribution in [-0.4, -0.2) is 39.8 Å². The third kappa shape index (κ3) is 4.11. The van der Waals surface area contributed by atoms with Crippen molar-refractivity contribution in [1.29, 1.82) is 0 Å². The number of rotatable bonds is 6. The maximum absolute atomic E-state index is 12.9. The Hall–Kier alpha value is -2.90. The average Bonchev–Trinajstić information content (AvgIpc) is 2.72. The molecule has 0 fully saturated rings. The molecule has 0 saturated heterocycles. The molecule has 1 amide bonds. The highest BCUT2D eigenvalue weighted by molar-refractivity contribution is 7.89. The first-order valence-corrected chi connectivity index (χ1v) is 10.6. The number of nitrogens with zero attached hydrogens (tertiary/aromatic N) is 1. The molecule has 0 bridgehead atoms. The van der Waals surface area contributed by atoms with E-state index in [2.05, 4.69) is 5.32 Å². The van der Waals surface area contributed by atoms with Gasteiger partial charge in [0.05, 0.1) is 13.2 Å². The number of sulfonamides is 1. The first kappa shape index (κ1) is 20.8. The topological polar surface area (TPSA) is 75.7 Å². The molecule has 6 nitrogen and oxygen atoms in total. The van der Waals surface area contributed by atoms with Gasteiger partial charge in [0.25, 0.3) is 5.91 Å². The van der Waals surface area contributed by atoms with Crippen LogP contribution in [0.4, 0.5) is 0 Å². The summed E-state index contributed by atoms with van der Waals surface area (Å²) in [4.78, 5) is 12.8. The molecule has 0 spiro atoms. The normalized spacial score (nSPS) is 12.7. The van der Waals surface area contributed by atoms with Crippen LogP contribution in [0.3, 0.4) is 0 Å². The predicted molar refractivity (Wildman–Crippen MR) is 114 cm³/mol. The zero-order valence-electron chi connectivity index (χ0n) is 16.8. The van der Waals surface area contributed by atoms with Gasteiger partial charge in [0.1, 0.15) is 10.6 Å². The van der Waals surface area contributed by atoms with Crippen LogP contribution in [0.2, 0.25) is 0 Å². The molecule has 3 aromatic rings. The molecule has 152 valence electrons. The maximum atomic E-state index is 12.9. The van der Waals surface area contributed by atoms with E-state index in [-0.39, 0.29) is 28.2 Å². The fraction of sp³-hybridized carbons (Fsp3) is 0.227. The zero-order chi connectivity index (χ0) is 21.2. The van der Waals surface area contributed by atoms with Crippen molar-refractivity contribution in [2.75, 3.05) is 21.2 Å². The van der Waals surface area contributed by atoms with E-state index >= 15 is 0 Å². The summed E-state index contributed by atoms with van der Waals surface area (Å²) in [5, 5.41) is 5.12. The lowest BCUT2D eigenvalue weighted by Crippen LogP contribution is -2.28. The van der Waals surface area contributed by atoms with Crippen molar-refractivity contribution < 1.29 is 17.9 Å². The lowest BCUT2D eigenvalue weighted by molar-refractivity contribution is 0.0940. The fourth-order valence-corrected chi connectivity index (χ4v) is 4.28. The van der Waals surface area contributed by atoms with Crippen molar-refractivity contribution >= 4 is 26.7 Å². The molecule has 0 heterocycles. The molecule has 0 aliphatic rings. The lowest BCUT2D eigenvalue weighted by atomic mass is 9.99. The molecule has 1 unspecified atom stereocenters. The Kier molecular flexibility index (Phi) is 5.91. The summed E-state index contributed by atoms with van der Waals surface area (Å²) in [6.45, 7) is 1.90. The highest BCUT2D eigenvalue weighted by Gasteiger charge is 2.24. The van der Waals surface area contributed by atoms with Crippen molar-refractivity contribution in [3.05, 3.63) is 71.8 Å². The van der Waals surface area contributed by atoms with E-state index in [4.69, 9.17) is 4.74 Å². The molecule has 3 rings (SSSR count). The summed E-state index contributed by atoms with van der Waals surface area (Å²) in [5.74, 6) is -0.166. The summed E-state index contributed by atoms with van der Waals surface area (Å²) < 4.78 is 31.4. The first-order valence-electron chi connectivity index (χ1n) is 9.15. The van der Waals surface area contributed by atoms with Crippen LogP contribution >= 0.6 is 0 Å². The Bertz CT molecular complexity index is 1150. The largest absolute Gasteiger partial charge is 0.495 e. The van der Waals surface area contributed by atoms with Crippen LogP contribution in [0.1, 0.15) is 28.9 Å². The minimum absolute atomic E-state index is 0.0459. The Morgan fingerprint density at radius 1 is 1.03 bits per heavy atom. The standard InChI is InChI=1S/C22H24N2O4S/c1-15(18-11-7-9-16-8-5-6-10-19(16)18)23-22(25)17-12-13-20(28-4)21(14-17)29(26,27)24(2)3/h5-15H,1-4H3,(H,23,25). The van der Waals surface area contributed by atoms with E-state index in [0.717, 1.165) is 20.6 Å². The van der Waals surface area contributed by atoms with E-state index < -0.39 is 10.0 Å². The van der Waals surface area contributed by atoms with Gasteiger partial charge in [-0.15, -0.1) is 0 Å². The van der Waals surface area contributed by atoms with Crippen molar-refractivity contribution in [3.63, 3.8) is 0 Å². The number of ether oxygens (including phenoxy) is 1. The number of nitrogens with one attached hydrogen (secondary N) is 1. The number of carbonyl (C=O) groups is 1. The monoisotopic (exact) mass is 412 g/mol. The quantitative estimate of drug-likeness (QED) is 0.671. The number of fused-ring (bicyclic) bond motifs is 1. The smallest absolute Gasteiger partial charge is 0.251 e. The van der Waals surface area contributed by atoms with Crippen molar-refractivity contribution in [2.45, 2.75) is 17.9 Å². The van der Waals surface area contributed by atoms with Gasteiger partial charge in [-0.25, -0.2) is 12.7 Å². The second-order valence-electron chi connectivity index (χ2n) is 6.92.